The molecular weight excluding hydrogens is 717 g/mol. The van der Waals surface area contributed by atoms with Crippen molar-refractivity contribution < 1.29 is 30.0 Å². The molecule has 0 spiro atoms. The van der Waals surface area contributed by atoms with E-state index in [1.165, 1.54) is 27.3 Å². The Labute approximate surface area is 270 Å². The second-order valence-electron chi connectivity index (χ2n) is 12.3. The Morgan fingerprint density at radius 2 is 1.62 bits per heavy atom. The molecule has 0 amide bonds. The number of ketones is 1. The molecule has 1 N–H and O–H groups in total. The molecule has 4 aromatic rings. The number of carbonyl (C=O) groups excluding carboxylic acids is 1. The van der Waals surface area contributed by atoms with Crippen LogP contribution in [0.3, 0.4) is 0 Å². The molecule has 0 unspecified atom stereocenters. The van der Waals surface area contributed by atoms with Crippen LogP contribution in [0.2, 0.25) is 0 Å². The fourth-order valence-corrected chi connectivity index (χ4v) is 6.63. The Morgan fingerprint density at radius 1 is 0.976 bits per heavy atom. The van der Waals surface area contributed by atoms with E-state index in [9.17, 15) is 9.90 Å². The van der Waals surface area contributed by atoms with Crippen molar-refractivity contribution in [3.8, 4) is 11.3 Å². The van der Waals surface area contributed by atoms with E-state index < -0.39 is 0 Å². The number of hydrogen-bond acceptors (Lipinski definition) is 5. The number of carbonyl (C=O) groups is 1. The summed E-state index contributed by atoms with van der Waals surface area (Å²) in [6.07, 6.45) is 7.64. The average Bonchev–Trinajstić information content (AvgIpc) is 3.29. The maximum atomic E-state index is 11.7. The van der Waals surface area contributed by atoms with Gasteiger partial charge in [-0.1, -0.05) is 80.5 Å². The summed E-state index contributed by atoms with van der Waals surface area (Å²) in [5.41, 5.74) is 7.12. The number of hydrogen-bond donors (Lipinski definition) is 1. The molecule has 0 atom stereocenters. The Bertz CT molecular complexity index is 1490. The normalized spacial score (nSPS) is 12.0. The van der Waals surface area contributed by atoms with Crippen LogP contribution in [0.4, 0.5) is 0 Å². The van der Waals surface area contributed by atoms with Gasteiger partial charge in [-0.25, -0.2) is 4.98 Å². The molecule has 2 aromatic carbocycles. The predicted molar refractivity (Wildman–Crippen MR) is 176 cm³/mol. The second kappa shape index (κ2) is 15.9. The van der Waals surface area contributed by atoms with Crippen molar-refractivity contribution in [3.05, 3.63) is 71.3 Å². The second-order valence-corrected chi connectivity index (χ2v) is 13.3. The SMILES string of the molecule is CCC(CC)C(=O)/C=C(\O)C(CC)CC.Cc1[c-]c(-c2ncnc3c2sc2c(CC(C)(C)C)cccc23)cc(C)c1.[Ir]. The molecule has 0 aliphatic heterocycles. The van der Waals surface area contributed by atoms with E-state index >= 15 is 0 Å². The Kier molecular flexibility index (Phi) is 13.5. The zero-order valence-electron chi connectivity index (χ0n) is 26.7. The van der Waals surface area contributed by atoms with E-state index in [1.54, 1.807) is 6.33 Å². The molecule has 0 saturated heterocycles. The van der Waals surface area contributed by atoms with Crippen molar-refractivity contribution in [2.24, 2.45) is 17.3 Å². The number of aliphatic hydroxyl groups excluding tert-OH is 1. The fourth-order valence-electron chi connectivity index (χ4n) is 5.36. The van der Waals surface area contributed by atoms with Crippen molar-refractivity contribution in [2.75, 3.05) is 0 Å². The predicted octanol–water partition coefficient (Wildman–Crippen LogP) is 10.4. The first kappa shape index (κ1) is 35.8. The number of thiophene rings is 1. The zero-order chi connectivity index (χ0) is 30.3. The Morgan fingerprint density at radius 3 is 2.19 bits per heavy atom. The quantitative estimate of drug-likeness (QED) is 0.105. The molecule has 2 aromatic heterocycles. The summed E-state index contributed by atoms with van der Waals surface area (Å²) in [6.45, 7) is 19.1. The van der Waals surface area contributed by atoms with Gasteiger partial charge >= 0.3 is 0 Å². The van der Waals surface area contributed by atoms with Crippen LogP contribution in [-0.2, 0) is 31.3 Å². The Balaban J connectivity index is 0.000000334. The van der Waals surface area contributed by atoms with E-state index in [1.807, 2.05) is 39.0 Å². The molecule has 1 radical (unpaired) electrons. The van der Waals surface area contributed by atoms with Gasteiger partial charge in [0.15, 0.2) is 5.78 Å². The van der Waals surface area contributed by atoms with Crippen LogP contribution in [0.1, 0.15) is 90.8 Å². The van der Waals surface area contributed by atoms with Gasteiger partial charge in [0.1, 0.15) is 6.33 Å². The van der Waals surface area contributed by atoms with Crippen molar-refractivity contribution in [3.63, 3.8) is 0 Å². The summed E-state index contributed by atoms with van der Waals surface area (Å²) in [7, 11) is 0. The summed E-state index contributed by atoms with van der Waals surface area (Å²) in [4.78, 5) is 21.0. The van der Waals surface area contributed by atoms with Crippen LogP contribution in [0.15, 0.2) is 48.5 Å². The number of benzene rings is 2. The molecule has 229 valence electrons. The fraction of sp³-hybridized carbons (Fsp3) is 0.472. The molecule has 42 heavy (non-hydrogen) atoms. The van der Waals surface area contributed by atoms with Gasteiger partial charge in [0.2, 0.25) is 0 Å². The largest absolute Gasteiger partial charge is 0.512 e. The van der Waals surface area contributed by atoms with Crippen LogP contribution >= 0.6 is 11.3 Å². The van der Waals surface area contributed by atoms with Crippen LogP contribution in [0.25, 0.3) is 31.6 Å². The number of nitrogens with zero attached hydrogens (tertiary/aromatic N) is 2. The summed E-state index contributed by atoms with van der Waals surface area (Å²) in [6, 6.07) is 14.4. The van der Waals surface area contributed by atoms with E-state index in [-0.39, 0.29) is 48.9 Å². The van der Waals surface area contributed by atoms with Gasteiger partial charge in [-0.3, -0.25) is 9.78 Å². The van der Waals surface area contributed by atoms with Gasteiger partial charge in [0, 0.05) is 58.5 Å². The van der Waals surface area contributed by atoms with Crippen molar-refractivity contribution in [1.29, 1.82) is 0 Å². The van der Waals surface area contributed by atoms with Crippen LogP contribution < -0.4 is 0 Å². The smallest absolute Gasteiger partial charge is 0.162 e. The van der Waals surface area contributed by atoms with Crippen molar-refractivity contribution in [1.82, 2.24) is 9.97 Å². The number of aryl methyl sites for hydroxylation is 2. The molecule has 4 nitrogen and oxygen atoms in total. The molecular formula is C36H47IrN2O2S-. The van der Waals surface area contributed by atoms with Crippen LogP contribution in [0.5, 0.6) is 0 Å². The summed E-state index contributed by atoms with van der Waals surface area (Å²) >= 11 is 1.82. The molecule has 0 saturated carbocycles. The summed E-state index contributed by atoms with van der Waals surface area (Å²) in [5, 5.41) is 11.0. The minimum atomic E-state index is 0. The summed E-state index contributed by atoms with van der Waals surface area (Å²) < 4.78 is 2.49. The first-order valence-corrected chi connectivity index (χ1v) is 15.8. The number of rotatable bonds is 9. The standard InChI is InChI=1S/C23H23N2S.C13H24O2.Ir/c1-14-9-15(2)11-17(10-14)19-22-20(25-13-24-19)18-8-6-7-16(21(18)26-22)12-23(3,4)5;1-5-10(6-2)12(14)9-13(15)11(7-3)8-4;/h6-10,13H,12H2,1-5H3;9-11,14H,5-8H2,1-4H3;/q-1;;/b;12-9-;. The van der Waals surface area contributed by atoms with Crippen LogP contribution in [0, 0.1) is 37.2 Å². The minimum absolute atomic E-state index is 0. The molecule has 0 bridgehead atoms. The molecule has 4 rings (SSSR count). The number of allylic oxidation sites excluding steroid dienone is 2. The van der Waals surface area contributed by atoms with Crippen molar-refractivity contribution in [2.45, 2.75) is 94.4 Å². The minimum Gasteiger partial charge on any atom is -0.512 e. The third-order valence-corrected chi connectivity index (χ3v) is 8.84. The topological polar surface area (TPSA) is 63.1 Å². The maximum absolute atomic E-state index is 11.7. The molecule has 6 heteroatoms. The maximum Gasteiger partial charge on any atom is 0.162 e. The van der Waals surface area contributed by atoms with E-state index in [0.29, 0.717) is 0 Å². The third kappa shape index (κ3) is 9.05. The van der Waals surface area contributed by atoms with Gasteiger partial charge in [-0.2, -0.15) is 0 Å². The third-order valence-electron chi connectivity index (χ3n) is 7.57. The number of aliphatic hydroxyl groups is 1. The molecule has 0 aliphatic carbocycles. The van der Waals surface area contributed by atoms with Crippen molar-refractivity contribution >= 4 is 37.4 Å². The number of aromatic nitrogens is 2. The zero-order valence-corrected chi connectivity index (χ0v) is 29.9. The first-order chi connectivity index (χ1) is 19.4. The van der Waals surface area contributed by atoms with Gasteiger partial charge in [-0.05, 0) is 43.1 Å². The van der Waals surface area contributed by atoms with Gasteiger partial charge in [-0.15, -0.1) is 46.2 Å². The number of fused-ring (bicyclic) bond motifs is 3. The average molecular weight is 764 g/mol. The summed E-state index contributed by atoms with van der Waals surface area (Å²) in [5.74, 6) is 0.547. The Hall–Kier alpha value is -2.40. The first-order valence-electron chi connectivity index (χ1n) is 15.0. The van der Waals surface area contributed by atoms with E-state index in [2.05, 4.69) is 81.0 Å². The van der Waals surface area contributed by atoms with Gasteiger partial charge < -0.3 is 5.11 Å². The molecule has 2 heterocycles. The van der Waals surface area contributed by atoms with E-state index in [4.69, 9.17) is 0 Å². The van der Waals surface area contributed by atoms with Gasteiger partial charge in [0.25, 0.3) is 0 Å². The van der Waals surface area contributed by atoms with Crippen LogP contribution in [-0.4, -0.2) is 20.9 Å². The monoisotopic (exact) mass is 764 g/mol. The van der Waals surface area contributed by atoms with Gasteiger partial charge in [0.05, 0.1) is 11.3 Å². The molecule has 0 aliphatic rings. The molecule has 0 fully saturated rings. The van der Waals surface area contributed by atoms with E-state index in [0.717, 1.165) is 59.1 Å².